The summed E-state index contributed by atoms with van der Waals surface area (Å²) in [6.45, 7) is 6.99. The van der Waals surface area contributed by atoms with Gasteiger partial charge in [0, 0.05) is 29.6 Å². The monoisotopic (exact) mass is 402 g/mol. The van der Waals surface area contributed by atoms with Gasteiger partial charge in [-0.3, -0.25) is 9.55 Å². The van der Waals surface area contributed by atoms with Crippen LogP contribution in [0, 0.1) is 0 Å². The summed E-state index contributed by atoms with van der Waals surface area (Å²) < 4.78 is 2.12. The van der Waals surface area contributed by atoms with Crippen molar-refractivity contribution in [2.24, 2.45) is 0 Å². The largest absolute Gasteiger partial charge is 0.297 e. The van der Waals surface area contributed by atoms with E-state index >= 15 is 0 Å². The van der Waals surface area contributed by atoms with Crippen LogP contribution in [0.15, 0.2) is 77.3 Å². The first-order valence-electron chi connectivity index (χ1n) is 9.39. The molecular weight excluding hydrogens is 380 g/mol. The van der Waals surface area contributed by atoms with Crippen LogP contribution >= 0.6 is 11.8 Å². The van der Waals surface area contributed by atoms with Crippen molar-refractivity contribution in [1.29, 1.82) is 0 Å². The molecule has 0 amide bonds. The van der Waals surface area contributed by atoms with Gasteiger partial charge in [-0.15, -0.1) is 10.2 Å². The lowest BCUT2D eigenvalue weighted by atomic mass is 9.96. The Hall–Kier alpha value is -3.06. The second-order valence-corrected chi connectivity index (χ2v) is 8.67. The predicted molar refractivity (Wildman–Crippen MR) is 114 cm³/mol. The van der Waals surface area contributed by atoms with Gasteiger partial charge in [0.25, 0.3) is 0 Å². The predicted octanol–water partition coefficient (Wildman–Crippen LogP) is 4.63. The van der Waals surface area contributed by atoms with Gasteiger partial charge in [-0.25, -0.2) is 9.97 Å². The molecule has 0 unspecified atom stereocenters. The van der Waals surface area contributed by atoms with Crippen molar-refractivity contribution in [2.75, 3.05) is 0 Å². The minimum absolute atomic E-state index is 0.115. The Kier molecular flexibility index (Phi) is 5.40. The van der Waals surface area contributed by atoms with Gasteiger partial charge in [0.1, 0.15) is 10.9 Å². The molecule has 0 bridgehead atoms. The van der Waals surface area contributed by atoms with Crippen LogP contribution in [0.5, 0.6) is 0 Å². The Morgan fingerprint density at radius 1 is 0.897 bits per heavy atom. The Bertz CT molecular complexity index is 1090. The number of hydrogen-bond acceptors (Lipinski definition) is 6. The van der Waals surface area contributed by atoms with Crippen molar-refractivity contribution in [1.82, 2.24) is 29.7 Å². The van der Waals surface area contributed by atoms with Crippen molar-refractivity contribution >= 4 is 11.8 Å². The summed E-state index contributed by atoms with van der Waals surface area (Å²) in [4.78, 5) is 13.3. The van der Waals surface area contributed by atoms with E-state index < -0.39 is 0 Å². The molecule has 4 rings (SSSR count). The maximum atomic E-state index is 4.73. The molecule has 0 aliphatic heterocycles. The van der Waals surface area contributed by atoms with Gasteiger partial charge in [-0.1, -0.05) is 51.1 Å². The number of aromatic nitrogens is 6. The van der Waals surface area contributed by atoms with Gasteiger partial charge in [0.2, 0.25) is 0 Å². The molecule has 146 valence electrons. The summed E-state index contributed by atoms with van der Waals surface area (Å²) in [5, 5.41) is 10.6. The second-order valence-electron chi connectivity index (χ2n) is 7.68. The highest BCUT2D eigenvalue weighted by Crippen LogP contribution is 2.30. The Labute approximate surface area is 174 Å². The quantitative estimate of drug-likeness (QED) is 0.454. The van der Waals surface area contributed by atoms with Crippen molar-refractivity contribution in [2.45, 2.75) is 42.9 Å². The van der Waals surface area contributed by atoms with E-state index in [1.54, 1.807) is 18.6 Å². The third-order valence-corrected chi connectivity index (χ3v) is 5.26. The van der Waals surface area contributed by atoms with Gasteiger partial charge in [0.05, 0.1) is 6.54 Å². The molecule has 0 radical (unpaired) electrons. The third kappa shape index (κ3) is 4.51. The maximum absolute atomic E-state index is 4.73. The molecule has 0 spiro atoms. The highest BCUT2D eigenvalue weighted by Gasteiger charge is 2.20. The molecule has 29 heavy (non-hydrogen) atoms. The number of nitrogens with zero attached hydrogens (tertiary/aromatic N) is 6. The Morgan fingerprint density at radius 2 is 1.66 bits per heavy atom. The fraction of sp³-hybridized carbons (Fsp3) is 0.227. The summed E-state index contributed by atoms with van der Waals surface area (Å²) in [7, 11) is 0. The second kappa shape index (κ2) is 8.13. The lowest BCUT2D eigenvalue weighted by Gasteiger charge is -2.16. The molecule has 0 saturated heterocycles. The molecule has 4 aromatic rings. The zero-order valence-corrected chi connectivity index (χ0v) is 17.5. The molecule has 0 atom stereocenters. The molecule has 7 heteroatoms. The Morgan fingerprint density at radius 3 is 2.38 bits per heavy atom. The van der Waals surface area contributed by atoms with Crippen LogP contribution in [0.2, 0.25) is 0 Å². The highest BCUT2D eigenvalue weighted by molar-refractivity contribution is 7.99. The average Bonchev–Trinajstić information content (AvgIpc) is 3.11. The fourth-order valence-electron chi connectivity index (χ4n) is 2.84. The first-order valence-corrected chi connectivity index (χ1v) is 10.2. The summed E-state index contributed by atoms with van der Waals surface area (Å²) in [6.07, 6.45) is 5.34. The average molecular weight is 403 g/mol. The number of benzene rings is 1. The van der Waals surface area contributed by atoms with E-state index in [0.717, 1.165) is 27.4 Å². The first-order chi connectivity index (χ1) is 14.0. The number of hydrogen-bond donors (Lipinski definition) is 0. The van der Waals surface area contributed by atoms with Gasteiger partial charge < -0.3 is 0 Å². The molecule has 0 saturated carbocycles. The van der Waals surface area contributed by atoms with E-state index in [2.05, 4.69) is 57.6 Å². The van der Waals surface area contributed by atoms with Crippen LogP contribution in [0.4, 0.5) is 0 Å². The van der Waals surface area contributed by atoms with E-state index in [0.29, 0.717) is 6.54 Å². The summed E-state index contributed by atoms with van der Waals surface area (Å²) in [5.41, 5.74) is 2.05. The SMILES string of the molecule is CC(C)(C)c1nccc(Sc2nnc(-c3ccncc3)n2Cc2ccccc2)n1. The summed E-state index contributed by atoms with van der Waals surface area (Å²) in [5.74, 6) is 1.62. The molecule has 3 aromatic heterocycles. The van der Waals surface area contributed by atoms with Crippen molar-refractivity contribution in [3.05, 3.63) is 78.5 Å². The van der Waals surface area contributed by atoms with Crippen molar-refractivity contribution in [3.63, 3.8) is 0 Å². The van der Waals surface area contributed by atoms with Crippen LogP contribution in [-0.2, 0) is 12.0 Å². The zero-order chi connectivity index (χ0) is 20.3. The lowest BCUT2D eigenvalue weighted by molar-refractivity contribution is 0.538. The zero-order valence-electron chi connectivity index (χ0n) is 16.6. The number of rotatable bonds is 5. The third-order valence-electron chi connectivity index (χ3n) is 4.34. The topological polar surface area (TPSA) is 69.4 Å². The number of pyridine rings is 1. The van der Waals surface area contributed by atoms with Gasteiger partial charge in [-0.2, -0.15) is 0 Å². The molecule has 0 aliphatic carbocycles. The molecule has 6 nitrogen and oxygen atoms in total. The van der Waals surface area contributed by atoms with Gasteiger partial charge in [-0.05, 0) is 35.5 Å². The van der Waals surface area contributed by atoms with Gasteiger partial charge >= 0.3 is 0 Å². The van der Waals surface area contributed by atoms with E-state index in [4.69, 9.17) is 4.98 Å². The van der Waals surface area contributed by atoms with Crippen LogP contribution in [-0.4, -0.2) is 29.7 Å². The fourth-order valence-corrected chi connectivity index (χ4v) is 3.63. The maximum Gasteiger partial charge on any atom is 0.198 e. The summed E-state index contributed by atoms with van der Waals surface area (Å²) in [6, 6.07) is 16.1. The van der Waals surface area contributed by atoms with Crippen molar-refractivity contribution in [3.8, 4) is 11.4 Å². The molecule has 1 aromatic carbocycles. The minimum atomic E-state index is -0.115. The van der Waals surface area contributed by atoms with Crippen LogP contribution in [0.1, 0.15) is 32.2 Å². The van der Waals surface area contributed by atoms with Crippen LogP contribution in [0.3, 0.4) is 0 Å². The van der Waals surface area contributed by atoms with Crippen molar-refractivity contribution < 1.29 is 0 Å². The van der Waals surface area contributed by atoms with E-state index in [-0.39, 0.29) is 5.41 Å². The van der Waals surface area contributed by atoms with Crippen LogP contribution < -0.4 is 0 Å². The van der Waals surface area contributed by atoms with E-state index in [1.165, 1.54) is 17.3 Å². The molecule has 0 N–H and O–H groups in total. The molecule has 0 aliphatic rings. The smallest absolute Gasteiger partial charge is 0.198 e. The Balaban J connectivity index is 1.73. The molecule has 0 fully saturated rings. The first kappa shape index (κ1) is 19.3. The minimum Gasteiger partial charge on any atom is -0.297 e. The molecule has 3 heterocycles. The van der Waals surface area contributed by atoms with E-state index in [1.807, 2.05) is 36.4 Å². The van der Waals surface area contributed by atoms with Crippen LogP contribution in [0.25, 0.3) is 11.4 Å². The lowest BCUT2D eigenvalue weighted by Crippen LogP contribution is -2.16. The van der Waals surface area contributed by atoms with Gasteiger partial charge in [0.15, 0.2) is 11.0 Å². The van der Waals surface area contributed by atoms with E-state index in [9.17, 15) is 0 Å². The highest BCUT2D eigenvalue weighted by atomic mass is 32.2. The molecular formula is C22H22N6S. The summed E-state index contributed by atoms with van der Waals surface area (Å²) >= 11 is 1.50. The standard InChI is InChI=1S/C22H22N6S/c1-22(2,3)20-24-14-11-18(25-20)29-21-27-26-19(17-9-12-23-13-10-17)28(21)15-16-7-5-4-6-8-16/h4-14H,15H2,1-3H3. The normalized spacial score (nSPS) is 11.6.